The molecular formula is C31H34Cl2FN3O4S. The van der Waals surface area contributed by atoms with Gasteiger partial charge in [-0.15, -0.1) is 0 Å². The molecule has 3 aromatic carbocycles. The Labute approximate surface area is 256 Å². The van der Waals surface area contributed by atoms with Gasteiger partial charge in [0.1, 0.15) is 18.4 Å². The molecule has 224 valence electrons. The Balaban J connectivity index is 1.72. The smallest absolute Gasteiger partial charge is 0.264 e. The minimum absolute atomic E-state index is 0.0102. The largest absolute Gasteiger partial charge is 0.352 e. The van der Waals surface area contributed by atoms with E-state index in [9.17, 15) is 22.4 Å². The van der Waals surface area contributed by atoms with E-state index >= 15 is 0 Å². The number of anilines is 1. The normalized spacial score (nSPS) is 14.7. The molecule has 0 heterocycles. The molecule has 0 unspecified atom stereocenters. The number of benzene rings is 3. The maximum Gasteiger partial charge on any atom is 0.264 e. The fourth-order valence-corrected chi connectivity index (χ4v) is 6.96. The van der Waals surface area contributed by atoms with Crippen molar-refractivity contribution in [3.63, 3.8) is 0 Å². The Hall–Kier alpha value is -3.14. The molecule has 11 heteroatoms. The highest BCUT2D eigenvalue weighted by atomic mass is 35.5. The Morgan fingerprint density at radius 3 is 2.26 bits per heavy atom. The van der Waals surface area contributed by atoms with Crippen LogP contribution in [0.15, 0.2) is 77.7 Å². The molecule has 7 nitrogen and oxygen atoms in total. The van der Waals surface area contributed by atoms with Gasteiger partial charge in [0, 0.05) is 17.6 Å². The van der Waals surface area contributed by atoms with E-state index in [0.717, 1.165) is 48.5 Å². The predicted molar refractivity (Wildman–Crippen MR) is 163 cm³/mol. The lowest BCUT2D eigenvalue weighted by molar-refractivity contribution is -0.140. The summed E-state index contributed by atoms with van der Waals surface area (Å²) in [6.45, 7) is 1.13. The van der Waals surface area contributed by atoms with Gasteiger partial charge in [0.2, 0.25) is 11.8 Å². The first-order valence-corrected chi connectivity index (χ1v) is 16.2. The molecule has 0 spiro atoms. The molecule has 0 bridgehead atoms. The van der Waals surface area contributed by atoms with Crippen LogP contribution < -0.4 is 9.62 Å². The van der Waals surface area contributed by atoms with Crippen molar-refractivity contribution in [1.82, 2.24) is 10.2 Å². The monoisotopic (exact) mass is 633 g/mol. The van der Waals surface area contributed by atoms with Crippen LogP contribution in [0.4, 0.5) is 10.1 Å². The highest BCUT2D eigenvalue weighted by Crippen LogP contribution is 2.29. The fraction of sp³-hybridized carbons (Fsp3) is 0.355. The molecule has 1 atom stereocenters. The predicted octanol–water partition coefficient (Wildman–Crippen LogP) is 6.58. The first-order valence-electron chi connectivity index (χ1n) is 14.0. The van der Waals surface area contributed by atoms with E-state index in [1.54, 1.807) is 49.4 Å². The second kappa shape index (κ2) is 14.4. The lowest BCUT2D eigenvalue weighted by atomic mass is 9.95. The highest BCUT2D eigenvalue weighted by Gasteiger charge is 2.34. The number of carbonyl (C=O) groups excluding carboxylic acids is 2. The summed E-state index contributed by atoms with van der Waals surface area (Å²) in [6.07, 6.45) is 5.21. The number of hydrogen-bond acceptors (Lipinski definition) is 4. The Bertz CT molecular complexity index is 1500. The van der Waals surface area contributed by atoms with Crippen LogP contribution in [0.3, 0.4) is 0 Å². The van der Waals surface area contributed by atoms with E-state index < -0.39 is 34.3 Å². The zero-order valence-electron chi connectivity index (χ0n) is 23.3. The number of rotatable bonds is 11. The molecule has 1 saturated carbocycles. The lowest BCUT2D eigenvalue weighted by Gasteiger charge is -2.34. The third-order valence-electron chi connectivity index (χ3n) is 7.44. The molecule has 1 N–H and O–H groups in total. The van der Waals surface area contributed by atoms with E-state index in [2.05, 4.69) is 5.32 Å². The first kappa shape index (κ1) is 31.8. The van der Waals surface area contributed by atoms with Crippen LogP contribution in [0.25, 0.3) is 0 Å². The standard InChI is InChI=1S/C31H34Cl2FN3O4S/c1-2-29(31(39)35-23-12-5-3-6-13-23)36(20-22-11-9-10-16-26(22)32)30(38)21-37(24-17-18-28(34)27(33)19-24)42(40,41)25-14-7-4-8-15-25/h4,7-11,14-19,23,29H,2-3,5-6,12-13,20-21H2,1H3,(H,35,39)/t29-/m1/s1. The average molecular weight is 635 g/mol. The van der Waals surface area contributed by atoms with Gasteiger partial charge in [-0.05, 0) is 61.2 Å². The SMILES string of the molecule is CC[C@H](C(=O)NC1CCCCC1)N(Cc1ccccc1Cl)C(=O)CN(c1ccc(F)c(Cl)c1)S(=O)(=O)c1ccccc1. The molecule has 1 fully saturated rings. The molecule has 1 aliphatic carbocycles. The molecule has 0 radical (unpaired) electrons. The van der Waals surface area contributed by atoms with E-state index in [1.165, 1.54) is 23.1 Å². The number of sulfonamides is 1. The topological polar surface area (TPSA) is 86.8 Å². The maximum atomic E-state index is 14.2. The third kappa shape index (κ3) is 7.62. The molecule has 42 heavy (non-hydrogen) atoms. The number of nitrogens with one attached hydrogen (secondary N) is 1. The van der Waals surface area contributed by atoms with Gasteiger partial charge in [0.15, 0.2) is 0 Å². The molecule has 3 aromatic rings. The van der Waals surface area contributed by atoms with Gasteiger partial charge in [0.05, 0.1) is 15.6 Å². The summed E-state index contributed by atoms with van der Waals surface area (Å²) in [7, 11) is -4.29. The number of carbonyl (C=O) groups is 2. The highest BCUT2D eigenvalue weighted by molar-refractivity contribution is 7.92. The zero-order chi connectivity index (χ0) is 30.3. The van der Waals surface area contributed by atoms with Crippen LogP contribution in [0, 0.1) is 5.82 Å². The summed E-state index contributed by atoms with van der Waals surface area (Å²) in [5, 5.41) is 3.23. The molecule has 4 rings (SSSR count). The quantitative estimate of drug-likeness (QED) is 0.258. The van der Waals surface area contributed by atoms with Crippen molar-refractivity contribution in [1.29, 1.82) is 0 Å². The molecule has 1 aliphatic rings. The van der Waals surface area contributed by atoms with Crippen molar-refractivity contribution in [2.24, 2.45) is 0 Å². The van der Waals surface area contributed by atoms with Crippen molar-refractivity contribution in [3.05, 3.63) is 94.2 Å². The number of hydrogen-bond donors (Lipinski definition) is 1. The van der Waals surface area contributed by atoms with Crippen LogP contribution in [0.5, 0.6) is 0 Å². The Morgan fingerprint density at radius 1 is 0.952 bits per heavy atom. The minimum atomic E-state index is -4.29. The summed E-state index contributed by atoms with van der Waals surface area (Å²) in [4.78, 5) is 29.1. The van der Waals surface area contributed by atoms with E-state index in [4.69, 9.17) is 23.2 Å². The van der Waals surface area contributed by atoms with E-state index in [0.29, 0.717) is 17.0 Å². The molecule has 0 saturated heterocycles. The maximum absolute atomic E-state index is 14.2. The van der Waals surface area contributed by atoms with Gasteiger partial charge in [-0.2, -0.15) is 0 Å². The zero-order valence-corrected chi connectivity index (χ0v) is 25.6. The van der Waals surface area contributed by atoms with Gasteiger partial charge >= 0.3 is 0 Å². The van der Waals surface area contributed by atoms with Crippen molar-refractivity contribution in [3.8, 4) is 0 Å². The average Bonchev–Trinajstić information content (AvgIpc) is 2.99. The molecule has 0 aromatic heterocycles. The van der Waals surface area contributed by atoms with Gasteiger partial charge in [-0.1, -0.05) is 85.8 Å². The number of halogens is 3. The van der Waals surface area contributed by atoms with E-state index in [-0.39, 0.29) is 34.1 Å². The van der Waals surface area contributed by atoms with Crippen LogP contribution in [0.1, 0.15) is 51.0 Å². The van der Waals surface area contributed by atoms with Crippen molar-refractivity contribution in [2.45, 2.75) is 69.0 Å². The van der Waals surface area contributed by atoms with Crippen LogP contribution >= 0.6 is 23.2 Å². The van der Waals surface area contributed by atoms with Gasteiger partial charge in [-0.25, -0.2) is 12.8 Å². The number of nitrogens with zero attached hydrogens (tertiary/aromatic N) is 2. The lowest BCUT2D eigenvalue weighted by Crippen LogP contribution is -2.54. The number of amides is 2. The van der Waals surface area contributed by atoms with Gasteiger partial charge in [-0.3, -0.25) is 13.9 Å². The fourth-order valence-electron chi connectivity index (χ4n) is 5.16. The molecule has 0 aliphatic heterocycles. The van der Waals surface area contributed by atoms with Crippen LogP contribution in [-0.4, -0.2) is 43.8 Å². The second-order valence-electron chi connectivity index (χ2n) is 10.3. The second-order valence-corrected chi connectivity index (χ2v) is 13.0. The van der Waals surface area contributed by atoms with Crippen molar-refractivity contribution >= 4 is 50.7 Å². The summed E-state index contributed by atoms with van der Waals surface area (Å²) in [6, 6.07) is 17.2. The van der Waals surface area contributed by atoms with Crippen molar-refractivity contribution in [2.75, 3.05) is 10.8 Å². The first-order chi connectivity index (χ1) is 20.1. The van der Waals surface area contributed by atoms with Gasteiger partial charge in [0.25, 0.3) is 10.0 Å². The van der Waals surface area contributed by atoms with E-state index in [1.807, 2.05) is 0 Å². The Kier molecular flexibility index (Phi) is 10.9. The molecule has 2 amide bonds. The molecular weight excluding hydrogens is 600 g/mol. The van der Waals surface area contributed by atoms with Gasteiger partial charge < -0.3 is 10.2 Å². The van der Waals surface area contributed by atoms with Crippen molar-refractivity contribution < 1.29 is 22.4 Å². The Morgan fingerprint density at radius 2 is 1.62 bits per heavy atom. The van der Waals surface area contributed by atoms with Crippen LogP contribution in [0.2, 0.25) is 10.0 Å². The summed E-state index contributed by atoms with van der Waals surface area (Å²) in [5.74, 6) is -1.65. The summed E-state index contributed by atoms with van der Waals surface area (Å²) in [5.41, 5.74) is 0.620. The minimum Gasteiger partial charge on any atom is -0.352 e. The summed E-state index contributed by atoms with van der Waals surface area (Å²) >= 11 is 12.5. The van der Waals surface area contributed by atoms with Crippen LogP contribution in [-0.2, 0) is 26.2 Å². The summed E-state index contributed by atoms with van der Waals surface area (Å²) < 4.78 is 42.7. The third-order valence-corrected chi connectivity index (χ3v) is 9.88.